The number of carboxylic acids is 1. The summed E-state index contributed by atoms with van der Waals surface area (Å²) in [6.45, 7) is 12.4. The van der Waals surface area contributed by atoms with Gasteiger partial charge < -0.3 is 34.5 Å². The van der Waals surface area contributed by atoms with Crippen LogP contribution in [0.4, 0.5) is 10.5 Å². The van der Waals surface area contributed by atoms with Gasteiger partial charge in [0.05, 0.1) is 28.5 Å². The van der Waals surface area contributed by atoms with Crippen LogP contribution in [0.5, 0.6) is 0 Å². The fraction of sp³-hybridized carbons (Fsp3) is 0.531. The molecule has 0 aliphatic carbocycles. The average Bonchev–Trinajstić information content (AvgIpc) is 3.61. The van der Waals surface area contributed by atoms with Gasteiger partial charge in [0.25, 0.3) is 5.91 Å². The Balaban J connectivity index is 1.34. The van der Waals surface area contributed by atoms with Crippen molar-refractivity contribution in [3.05, 3.63) is 83.7 Å². The molecule has 18 heteroatoms. The largest absolute Gasteiger partial charge is 0.480 e. The number of nitrogens with zero attached hydrogens (tertiary/aromatic N) is 5. The first kappa shape index (κ1) is 50.8. The molecule has 2 aromatic heterocycles. The number of sulfone groups is 1. The number of carbonyl (C=O) groups excluding carboxylic acids is 3. The molecule has 0 saturated carbocycles. The Labute approximate surface area is 393 Å². The number of carboxylic acid groups (broad SMARTS) is 1. The number of nitrogens with one attached hydrogen (secondary N) is 2. The number of aliphatic hydroxyl groups excluding tert-OH is 1. The zero-order valence-corrected chi connectivity index (χ0v) is 40.7. The number of hydrazine groups is 1. The van der Waals surface area contributed by atoms with Gasteiger partial charge in [0, 0.05) is 75.3 Å². The molecular weight excluding hydrogens is 879 g/mol. The van der Waals surface area contributed by atoms with E-state index in [1.807, 2.05) is 68.1 Å². The number of hydrogen-bond acceptors (Lipinski definition) is 12. The minimum atomic E-state index is -3.83. The second-order valence-electron chi connectivity index (χ2n) is 18.8. The third kappa shape index (κ3) is 11.6. The van der Waals surface area contributed by atoms with E-state index < -0.39 is 68.4 Å². The Hall–Kier alpha value is -5.56. The minimum Gasteiger partial charge on any atom is -0.480 e. The van der Waals surface area contributed by atoms with Crippen molar-refractivity contribution in [2.75, 3.05) is 51.1 Å². The number of carbonyl (C=O) groups is 4. The summed E-state index contributed by atoms with van der Waals surface area (Å²) in [5.41, 5.74) is 8.40. The van der Waals surface area contributed by atoms with E-state index in [4.69, 9.17) is 14.5 Å². The highest BCUT2D eigenvalue weighted by Crippen LogP contribution is 2.42. The number of ether oxygens (including phenoxy) is 2. The van der Waals surface area contributed by atoms with Gasteiger partial charge in [-0.2, -0.15) is 0 Å². The number of likely N-dealkylation sites (N-methyl/N-ethyl adjacent to an activating group) is 1. The van der Waals surface area contributed by atoms with E-state index in [0.29, 0.717) is 19.4 Å². The summed E-state index contributed by atoms with van der Waals surface area (Å²) in [6.07, 6.45) is 1.52. The number of benzene rings is 2. The number of amides is 3. The van der Waals surface area contributed by atoms with Crippen LogP contribution in [0.15, 0.2) is 66.9 Å². The van der Waals surface area contributed by atoms with Crippen molar-refractivity contribution < 1.29 is 47.3 Å². The number of aryl methyl sites for hydroxylation is 1. The lowest BCUT2D eigenvalue weighted by Crippen LogP contribution is -2.62. The zero-order chi connectivity index (χ0) is 48.8. The van der Waals surface area contributed by atoms with Gasteiger partial charge in [-0.15, -0.1) is 0 Å². The van der Waals surface area contributed by atoms with Gasteiger partial charge in [-0.3, -0.25) is 29.3 Å². The molecule has 4 N–H and O–H groups in total. The molecule has 3 amide bonds. The number of pyridine rings is 1. The van der Waals surface area contributed by atoms with Crippen LogP contribution < -0.4 is 15.6 Å². The second kappa shape index (κ2) is 21.6. The molecule has 2 aromatic carbocycles. The molecule has 2 unspecified atom stereocenters. The summed E-state index contributed by atoms with van der Waals surface area (Å²) in [5, 5.41) is 24.1. The third-order valence-electron chi connectivity index (χ3n) is 13.0. The predicted octanol–water partition coefficient (Wildman–Crippen LogP) is 5.34. The lowest BCUT2D eigenvalue weighted by atomic mass is 9.84. The summed E-state index contributed by atoms with van der Waals surface area (Å²) in [5.74, 6) is -3.21. The van der Waals surface area contributed by atoms with Gasteiger partial charge in [0.1, 0.15) is 24.7 Å². The average molecular weight is 946 g/mol. The fourth-order valence-electron chi connectivity index (χ4n) is 9.24. The van der Waals surface area contributed by atoms with Crippen molar-refractivity contribution in [3.8, 4) is 11.3 Å². The van der Waals surface area contributed by atoms with Gasteiger partial charge in [-0.25, -0.2) is 18.6 Å². The first-order valence-corrected chi connectivity index (χ1v) is 24.8. The first-order chi connectivity index (χ1) is 31.8. The van der Waals surface area contributed by atoms with Crippen LogP contribution in [0.25, 0.3) is 22.2 Å². The van der Waals surface area contributed by atoms with Gasteiger partial charge in [0.15, 0.2) is 9.84 Å². The van der Waals surface area contributed by atoms with Crippen molar-refractivity contribution in [3.63, 3.8) is 0 Å². The zero-order valence-electron chi connectivity index (χ0n) is 39.9. The summed E-state index contributed by atoms with van der Waals surface area (Å²) in [4.78, 5) is 62.1. The number of fused-ring (bicyclic) bond motifs is 1. The maximum absolute atomic E-state index is 14.5. The molecule has 6 rings (SSSR count). The van der Waals surface area contributed by atoms with Crippen LogP contribution in [0, 0.1) is 11.3 Å². The first-order valence-electron chi connectivity index (χ1n) is 23.1. The van der Waals surface area contributed by atoms with Crippen LogP contribution in [0.1, 0.15) is 83.7 Å². The third-order valence-corrected chi connectivity index (χ3v) is 15.1. The van der Waals surface area contributed by atoms with Crippen molar-refractivity contribution >= 4 is 50.3 Å². The highest BCUT2D eigenvalue weighted by molar-refractivity contribution is 7.92. The SMILES string of the molecule is CCn1c(-c2cccnc2[C@H](C)OC)c(CC(C)(C)CO)c2cc(N3CCS(=O)(=O)C(CC(NC(=O)[C@H](C(C)C)N(C)C(=O)OCc4ccccc4)C(=O)N4CCC[C@@H](C(=O)O)N4)C3)ccc21. The van der Waals surface area contributed by atoms with Gasteiger partial charge in [0.2, 0.25) is 5.91 Å². The Kier molecular flexibility index (Phi) is 16.4. The summed E-state index contributed by atoms with van der Waals surface area (Å²) >= 11 is 0. The highest BCUT2D eigenvalue weighted by atomic mass is 32.2. The predicted molar refractivity (Wildman–Crippen MR) is 256 cm³/mol. The number of hydrogen-bond donors (Lipinski definition) is 4. The number of aliphatic hydroxyl groups is 1. The Bertz CT molecular complexity index is 2510. The van der Waals surface area contributed by atoms with E-state index >= 15 is 0 Å². The van der Waals surface area contributed by atoms with Gasteiger partial charge in [-0.05, 0) is 92.3 Å². The molecule has 67 heavy (non-hydrogen) atoms. The monoisotopic (exact) mass is 945 g/mol. The number of aliphatic carboxylic acids is 1. The lowest BCUT2D eigenvalue weighted by Gasteiger charge is -2.38. The van der Waals surface area contributed by atoms with Gasteiger partial charge in [-0.1, -0.05) is 58.0 Å². The van der Waals surface area contributed by atoms with E-state index in [-0.39, 0.29) is 57.5 Å². The summed E-state index contributed by atoms with van der Waals surface area (Å²) in [6, 6.07) is 15.5. The number of anilines is 1. The van der Waals surface area contributed by atoms with Crippen LogP contribution in [-0.4, -0.2) is 131 Å². The van der Waals surface area contributed by atoms with Crippen molar-refractivity contribution in [1.82, 2.24) is 30.2 Å². The van der Waals surface area contributed by atoms with Crippen LogP contribution in [-0.2, 0) is 53.3 Å². The normalized spacial score (nSPS) is 18.9. The molecule has 4 aromatic rings. The van der Waals surface area contributed by atoms with Crippen LogP contribution >= 0.6 is 0 Å². The Morgan fingerprint density at radius 1 is 1.04 bits per heavy atom. The molecule has 4 heterocycles. The Morgan fingerprint density at radius 2 is 1.78 bits per heavy atom. The highest BCUT2D eigenvalue weighted by Gasteiger charge is 2.42. The number of methoxy groups -OCH3 is 1. The standard InChI is InChI=1S/C49H67N7O10S/c1-9-55-41-20-19-34(25-37(41)38(27-49(5,6)30-57)44(55)36-17-13-21-50-42(36)32(4)65-8)54-23-24-67(63,64)35(28-54)26-40(46(59)56-22-14-18-39(52-56)47(60)61)51-45(58)43(31(2)3)53(7)48(62)66-29-33-15-11-10-12-16-33/h10-13,15-17,19-21,25,31-32,35,39-40,43,52,57H,9,14,18,22-24,26-30H2,1-8H3,(H,51,58)(H,60,61)/t32-,35?,39-,40?,43-/m0/s1. The molecule has 2 saturated heterocycles. The maximum atomic E-state index is 14.5. The van der Waals surface area contributed by atoms with E-state index in [1.54, 1.807) is 39.3 Å². The smallest absolute Gasteiger partial charge is 0.410 e. The molecule has 2 fully saturated rings. The van der Waals surface area contributed by atoms with Crippen molar-refractivity contribution in [1.29, 1.82) is 0 Å². The summed E-state index contributed by atoms with van der Waals surface area (Å²) < 4.78 is 41.7. The number of aromatic nitrogens is 2. The molecule has 2 aliphatic rings. The van der Waals surface area contributed by atoms with E-state index in [2.05, 4.69) is 28.3 Å². The minimum absolute atomic E-state index is 0.00505. The van der Waals surface area contributed by atoms with E-state index in [0.717, 1.165) is 49.7 Å². The molecule has 0 bridgehead atoms. The van der Waals surface area contributed by atoms with Crippen molar-refractivity contribution in [2.45, 2.75) is 110 Å². The van der Waals surface area contributed by atoms with Crippen LogP contribution in [0.2, 0.25) is 0 Å². The number of rotatable bonds is 18. The Morgan fingerprint density at radius 3 is 2.43 bits per heavy atom. The topological polar surface area (TPSA) is 213 Å². The molecule has 0 radical (unpaired) electrons. The quantitative estimate of drug-likeness (QED) is 0.0993. The maximum Gasteiger partial charge on any atom is 0.410 e. The van der Waals surface area contributed by atoms with E-state index in [9.17, 15) is 37.8 Å². The molecule has 0 spiro atoms. The molecule has 364 valence electrons. The molecule has 5 atom stereocenters. The lowest BCUT2D eigenvalue weighted by molar-refractivity contribution is -0.149. The summed E-state index contributed by atoms with van der Waals surface area (Å²) in [7, 11) is -0.756. The van der Waals surface area contributed by atoms with Gasteiger partial charge >= 0.3 is 12.1 Å². The molecule has 2 aliphatic heterocycles. The molecule has 17 nitrogen and oxygen atoms in total. The fourth-order valence-corrected chi connectivity index (χ4v) is 10.9. The van der Waals surface area contributed by atoms with Crippen LogP contribution in [0.3, 0.4) is 0 Å². The second-order valence-corrected chi connectivity index (χ2v) is 21.2. The molecular formula is C49H67N7O10S. The van der Waals surface area contributed by atoms with Crippen molar-refractivity contribution in [2.24, 2.45) is 11.3 Å². The van der Waals surface area contributed by atoms with E-state index in [1.165, 1.54) is 11.9 Å².